The molecular formula is C31H36F2N6O4S. The fraction of sp³-hybridized carbons (Fsp3) is 0.452. The summed E-state index contributed by atoms with van der Waals surface area (Å²) in [6.45, 7) is 1.24. The largest absolute Gasteiger partial charge is 0.395 e. The summed E-state index contributed by atoms with van der Waals surface area (Å²) in [5.74, 6) is -2.80. The Bertz CT molecular complexity index is 1620. The van der Waals surface area contributed by atoms with E-state index in [1.807, 2.05) is 23.1 Å². The Morgan fingerprint density at radius 1 is 0.909 bits per heavy atom. The van der Waals surface area contributed by atoms with Crippen molar-refractivity contribution in [2.75, 3.05) is 58.4 Å². The molecule has 3 aliphatic rings. The minimum Gasteiger partial charge on any atom is -0.395 e. The lowest BCUT2D eigenvalue weighted by Crippen LogP contribution is -2.40. The van der Waals surface area contributed by atoms with Gasteiger partial charge in [0.15, 0.2) is 0 Å². The Balaban J connectivity index is 1.30. The third kappa shape index (κ3) is 6.78. The first kappa shape index (κ1) is 30.2. The van der Waals surface area contributed by atoms with Gasteiger partial charge in [0.05, 0.1) is 29.3 Å². The first-order valence-electron chi connectivity index (χ1n) is 14.9. The molecule has 4 heterocycles. The zero-order chi connectivity index (χ0) is 31.0. The lowest BCUT2D eigenvalue weighted by atomic mass is 9.93. The number of anilines is 4. The molecule has 2 aromatic heterocycles. The summed E-state index contributed by atoms with van der Waals surface area (Å²) in [6, 6.07) is 11.9. The molecule has 1 amide bonds. The number of rotatable bonds is 9. The minimum atomic E-state index is -3.76. The molecule has 2 saturated heterocycles. The number of aromatic nitrogens is 2. The number of aliphatic hydroxyl groups is 1. The quantitative estimate of drug-likeness (QED) is 0.311. The van der Waals surface area contributed by atoms with Crippen LogP contribution in [-0.2, 0) is 10.0 Å². The molecule has 3 N–H and O–H groups in total. The molecule has 0 bridgehead atoms. The molecule has 234 valence electrons. The van der Waals surface area contributed by atoms with Crippen LogP contribution in [0.2, 0.25) is 0 Å². The van der Waals surface area contributed by atoms with Crippen LogP contribution in [0.5, 0.6) is 0 Å². The molecule has 0 radical (unpaired) electrons. The van der Waals surface area contributed by atoms with E-state index >= 15 is 0 Å². The standard InChI is InChI=1S/C31H36F2N6O4S/c32-31(33)11-17-39(18-12-31)28-24(22-5-13-34-14-6-22)3-4-27(35-28)36-29(41)25-2-1-23(37-44(42,43)20-19-40)21-26(25)38-15-9-30(7-8-30)10-16-38/h1-6,13-14,21,37,40H,7-12,15-20H2,(H,35,36,41). The van der Waals surface area contributed by atoms with E-state index in [9.17, 15) is 22.0 Å². The predicted molar refractivity (Wildman–Crippen MR) is 166 cm³/mol. The monoisotopic (exact) mass is 626 g/mol. The van der Waals surface area contributed by atoms with Crippen LogP contribution in [0, 0.1) is 5.41 Å². The number of nitrogens with one attached hydrogen (secondary N) is 2. The lowest BCUT2D eigenvalue weighted by Gasteiger charge is -2.35. The summed E-state index contributed by atoms with van der Waals surface area (Å²) in [4.78, 5) is 26.5. The number of amides is 1. The highest BCUT2D eigenvalue weighted by Gasteiger charge is 2.44. The van der Waals surface area contributed by atoms with Crippen LogP contribution >= 0.6 is 0 Å². The molecule has 0 unspecified atom stereocenters. The van der Waals surface area contributed by atoms with Crippen LogP contribution in [0.25, 0.3) is 11.1 Å². The van der Waals surface area contributed by atoms with E-state index in [2.05, 4.69) is 19.9 Å². The Morgan fingerprint density at radius 3 is 2.25 bits per heavy atom. The predicted octanol–water partition coefficient (Wildman–Crippen LogP) is 4.75. The highest BCUT2D eigenvalue weighted by atomic mass is 32.2. The maximum Gasteiger partial charge on any atom is 0.258 e. The fourth-order valence-corrected chi connectivity index (χ4v) is 6.87. The molecule has 0 atom stereocenters. The van der Waals surface area contributed by atoms with E-state index < -0.39 is 34.2 Å². The number of hydrogen-bond donors (Lipinski definition) is 3. The van der Waals surface area contributed by atoms with Gasteiger partial charge in [0.25, 0.3) is 11.8 Å². The molecule has 6 rings (SSSR count). The number of sulfonamides is 1. The van der Waals surface area contributed by atoms with Gasteiger partial charge in [0.1, 0.15) is 11.6 Å². The van der Waals surface area contributed by atoms with Crippen molar-refractivity contribution < 1.29 is 27.1 Å². The number of aliphatic hydroxyl groups excluding tert-OH is 1. The van der Waals surface area contributed by atoms with Gasteiger partial charge in [-0.1, -0.05) is 0 Å². The molecule has 1 saturated carbocycles. The molecule has 1 aromatic carbocycles. The normalized spacial score (nSPS) is 19.1. The van der Waals surface area contributed by atoms with Gasteiger partial charge < -0.3 is 20.2 Å². The number of carbonyl (C=O) groups excluding carboxylic acids is 1. The smallest absolute Gasteiger partial charge is 0.258 e. The van der Waals surface area contributed by atoms with Gasteiger partial charge in [0.2, 0.25) is 10.0 Å². The van der Waals surface area contributed by atoms with Crippen LogP contribution in [0.15, 0.2) is 54.9 Å². The van der Waals surface area contributed by atoms with E-state index in [1.54, 1.807) is 30.6 Å². The molecule has 2 aliphatic heterocycles. The van der Waals surface area contributed by atoms with Crippen LogP contribution < -0.4 is 19.8 Å². The summed E-state index contributed by atoms with van der Waals surface area (Å²) >= 11 is 0. The zero-order valence-electron chi connectivity index (χ0n) is 24.3. The maximum atomic E-state index is 14.0. The van der Waals surface area contributed by atoms with Crippen LogP contribution in [0.1, 0.15) is 48.9 Å². The van der Waals surface area contributed by atoms with Crippen LogP contribution in [-0.4, -0.2) is 73.9 Å². The van der Waals surface area contributed by atoms with Crippen molar-refractivity contribution in [1.82, 2.24) is 9.97 Å². The number of carbonyl (C=O) groups is 1. The van der Waals surface area contributed by atoms with E-state index in [1.165, 1.54) is 18.9 Å². The van der Waals surface area contributed by atoms with Gasteiger partial charge in [-0.2, -0.15) is 0 Å². The number of hydrogen-bond acceptors (Lipinski definition) is 8. The Hall–Kier alpha value is -3.84. The molecule has 1 aliphatic carbocycles. The van der Waals surface area contributed by atoms with Crippen molar-refractivity contribution in [3.8, 4) is 11.1 Å². The summed E-state index contributed by atoms with van der Waals surface area (Å²) in [6.07, 6.45) is 7.18. The Morgan fingerprint density at radius 2 is 1.59 bits per heavy atom. The van der Waals surface area contributed by atoms with Crippen molar-refractivity contribution >= 4 is 38.9 Å². The van der Waals surface area contributed by atoms with Crippen molar-refractivity contribution in [2.45, 2.75) is 44.4 Å². The van der Waals surface area contributed by atoms with Gasteiger partial charge in [-0.3, -0.25) is 14.5 Å². The van der Waals surface area contributed by atoms with E-state index in [-0.39, 0.29) is 31.7 Å². The number of benzene rings is 1. The highest BCUT2D eigenvalue weighted by molar-refractivity contribution is 7.92. The average molecular weight is 627 g/mol. The summed E-state index contributed by atoms with van der Waals surface area (Å²) in [5.41, 5.74) is 3.25. The summed E-state index contributed by atoms with van der Waals surface area (Å²) < 4.78 is 55.2. The van der Waals surface area contributed by atoms with Crippen molar-refractivity contribution in [2.24, 2.45) is 5.41 Å². The topological polar surface area (TPSA) is 128 Å². The summed E-state index contributed by atoms with van der Waals surface area (Å²) in [5, 5.41) is 12.0. The number of nitrogens with zero attached hydrogens (tertiary/aromatic N) is 4. The first-order chi connectivity index (χ1) is 21.1. The van der Waals surface area contributed by atoms with Crippen LogP contribution in [0.3, 0.4) is 0 Å². The summed E-state index contributed by atoms with van der Waals surface area (Å²) in [7, 11) is -3.76. The minimum absolute atomic E-state index is 0.129. The van der Waals surface area contributed by atoms with Gasteiger partial charge in [-0.15, -0.1) is 0 Å². The first-order valence-corrected chi connectivity index (χ1v) is 16.6. The van der Waals surface area contributed by atoms with Crippen molar-refractivity contribution in [1.29, 1.82) is 0 Å². The SMILES string of the molecule is O=C(Nc1ccc(-c2ccncc2)c(N2CCC(F)(F)CC2)n1)c1ccc(NS(=O)(=O)CCO)cc1N1CCC2(CC1)CC2. The molecule has 13 heteroatoms. The fourth-order valence-electron chi connectivity index (χ4n) is 6.04. The van der Waals surface area contributed by atoms with E-state index in [0.29, 0.717) is 28.2 Å². The van der Waals surface area contributed by atoms with Crippen LogP contribution in [0.4, 0.5) is 31.8 Å². The number of alkyl halides is 2. The molecule has 1 spiro atoms. The highest BCUT2D eigenvalue weighted by Crippen LogP contribution is 2.54. The molecular weight excluding hydrogens is 590 g/mol. The lowest BCUT2D eigenvalue weighted by molar-refractivity contribution is -0.0221. The number of piperidine rings is 2. The third-order valence-corrected chi connectivity index (χ3v) is 10.2. The third-order valence-electron chi connectivity index (χ3n) is 8.90. The van der Waals surface area contributed by atoms with E-state index in [4.69, 9.17) is 10.1 Å². The molecule has 3 aromatic rings. The van der Waals surface area contributed by atoms with Gasteiger partial charge in [-0.25, -0.2) is 22.2 Å². The second kappa shape index (κ2) is 11.9. The molecule has 10 nitrogen and oxygen atoms in total. The maximum absolute atomic E-state index is 14.0. The van der Waals surface area contributed by atoms with Crippen molar-refractivity contribution in [3.63, 3.8) is 0 Å². The number of pyridine rings is 2. The zero-order valence-corrected chi connectivity index (χ0v) is 25.1. The van der Waals surface area contributed by atoms with Crippen molar-refractivity contribution in [3.05, 3.63) is 60.4 Å². The Kier molecular flexibility index (Phi) is 8.18. The molecule has 3 fully saturated rings. The second-order valence-corrected chi connectivity index (χ2v) is 13.8. The Labute approximate surface area is 255 Å². The average Bonchev–Trinajstić information content (AvgIpc) is 3.76. The second-order valence-electron chi connectivity index (χ2n) is 12.0. The molecule has 44 heavy (non-hydrogen) atoms. The van der Waals surface area contributed by atoms with Gasteiger partial charge in [-0.05, 0) is 79.1 Å². The van der Waals surface area contributed by atoms with Gasteiger partial charge in [0, 0.05) is 57.0 Å². The van der Waals surface area contributed by atoms with Gasteiger partial charge >= 0.3 is 0 Å². The van der Waals surface area contributed by atoms with E-state index in [0.717, 1.165) is 37.1 Å². The number of halogens is 2.